The Bertz CT molecular complexity index is 325. The Hall–Kier alpha value is -1.22. The van der Waals surface area contributed by atoms with Gasteiger partial charge >= 0.3 is 0 Å². The zero-order valence-corrected chi connectivity index (χ0v) is 8.75. The van der Waals surface area contributed by atoms with Crippen molar-refractivity contribution in [2.45, 2.75) is 13.0 Å². The molecule has 0 aromatic heterocycles. The Balaban J connectivity index is 2.80. The van der Waals surface area contributed by atoms with Crippen LogP contribution in [0.25, 0.3) is 0 Å². The number of hydrogen-bond donors (Lipinski definition) is 0. The third-order valence-electron chi connectivity index (χ3n) is 1.69. The Labute approximate surface area is 87.6 Å². The molecule has 3 nitrogen and oxygen atoms in total. The molecular weight excluding hydrogens is 204 g/mol. The van der Waals surface area contributed by atoms with E-state index in [-0.39, 0.29) is 0 Å². The largest absolute Gasteiger partial charge is 0.493 e. The van der Waals surface area contributed by atoms with E-state index in [4.69, 9.17) is 21.1 Å². The SMILES string of the molecule is COc1ccccc1O[C@H](C)C(=O)Cl. The van der Waals surface area contributed by atoms with Gasteiger partial charge in [0.05, 0.1) is 7.11 Å². The number of para-hydroxylation sites is 2. The molecule has 1 aromatic rings. The van der Waals surface area contributed by atoms with Crippen LogP contribution in [0.4, 0.5) is 0 Å². The first kappa shape index (κ1) is 10.9. The quantitative estimate of drug-likeness (QED) is 0.721. The van der Waals surface area contributed by atoms with Gasteiger partial charge in [-0.2, -0.15) is 0 Å². The van der Waals surface area contributed by atoms with Crippen molar-refractivity contribution in [3.63, 3.8) is 0 Å². The summed E-state index contributed by atoms with van der Waals surface area (Å²) in [5, 5.41) is -0.532. The summed E-state index contributed by atoms with van der Waals surface area (Å²) in [6, 6.07) is 7.08. The first-order valence-corrected chi connectivity index (χ1v) is 4.52. The second kappa shape index (κ2) is 4.86. The fourth-order valence-corrected chi connectivity index (χ4v) is 0.997. The van der Waals surface area contributed by atoms with Crippen molar-refractivity contribution in [1.82, 2.24) is 0 Å². The summed E-state index contributed by atoms with van der Waals surface area (Å²) in [4.78, 5) is 10.7. The maximum atomic E-state index is 10.7. The highest BCUT2D eigenvalue weighted by Crippen LogP contribution is 2.26. The van der Waals surface area contributed by atoms with Crippen LogP contribution in [-0.2, 0) is 4.79 Å². The number of methoxy groups -OCH3 is 1. The summed E-state index contributed by atoms with van der Waals surface area (Å²) >= 11 is 5.27. The molecule has 1 atom stereocenters. The van der Waals surface area contributed by atoms with E-state index in [1.54, 1.807) is 25.1 Å². The molecule has 0 radical (unpaired) electrons. The molecule has 0 aliphatic rings. The molecule has 76 valence electrons. The molecule has 0 N–H and O–H groups in total. The van der Waals surface area contributed by atoms with Gasteiger partial charge < -0.3 is 9.47 Å². The number of hydrogen-bond acceptors (Lipinski definition) is 3. The smallest absolute Gasteiger partial charge is 0.262 e. The van der Waals surface area contributed by atoms with Crippen LogP contribution in [0.2, 0.25) is 0 Å². The highest BCUT2D eigenvalue weighted by molar-refractivity contribution is 6.64. The highest BCUT2D eigenvalue weighted by Gasteiger charge is 2.13. The number of benzene rings is 1. The zero-order chi connectivity index (χ0) is 10.6. The fourth-order valence-electron chi connectivity index (χ4n) is 0.953. The molecule has 0 aliphatic heterocycles. The van der Waals surface area contributed by atoms with Gasteiger partial charge in [0.15, 0.2) is 17.6 Å². The average molecular weight is 215 g/mol. The molecule has 1 rings (SSSR count). The van der Waals surface area contributed by atoms with Crippen molar-refractivity contribution < 1.29 is 14.3 Å². The summed E-state index contributed by atoms with van der Waals surface area (Å²) in [5.41, 5.74) is 0. The van der Waals surface area contributed by atoms with Crippen LogP contribution in [0.15, 0.2) is 24.3 Å². The lowest BCUT2D eigenvalue weighted by atomic mass is 10.3. The normalized spacial score (nSPS) is 11.9. The van der Waals surface area contributed by atoms with Crippen molar-refractivity contribution in [1.29, 1.82) is 0 Å². The molecule has 0 spiro atoms. The third-order valence-corrected chi connectivity index (χ3v) is 2.00. The van der Waals surface area contributed by atoms with Crippen molar-refractivity contribution in [3.8, 4) is 11.5 Å². The number of carbonyl (C=O) groups excluding carboxylic acids is 1. The second-order valence-corrected chi connectivity index (χ2v) is 3.09. The van der Waals surface area contributed by atoms with E-state index < -0.39 is 11.3 Å². The van der Waals surface area contributed by atoms with Crippen molar-refractivity contribution in [2.75, 3.05) is 7.11 Å². The van der Waals surface area contributed by atoms with Gasteiger partial charge in [-0.25, -0.2) is 0 Å². The topological polar surface area (TPSA) is 35.5 Å². The van der Waals surface area contributed by atoms with Gasteiger partial charge in [-0.05, 0) is 30.7 Å². The average Bonchev–Trinajstić information content (AvgIpc) is 2.18. The van der Waals surface area contributed by atoms with E-state index >= 15 is 0 Å². The van der Waals surface area contributed by atoms with E-state index in [9.17, 15) is 4.79 Å². The summed E-state index contributed by atoms with van der Waals surface area (Å²) in [6.45, 7) is 1.59. The third kappa shape index (κ3) is 2.64. The molecule has 4 heteroatoms. The molecule has 0 unspecified atom stereocenters. The maximum absolute atomic E-state index is 10.7. The van der Waals surface area contributed by atoms with E-state index in [1.807, 2.05) is 6.07 Å². The lowest BCUT2D eigenvalue weighted by molar-refractivity contribution is -0.117. The van der Waals surface area contributed by atoms with Crippen LogP contribution >= 0.6 is 11.6 Å². The van der Waals surface area contributed by atoms with Gasteiger partial charge in [0.25, 0.3) is 5.24 Å². The van der Waals surface area contributed by atoms with Gasteiger partial charge in [0.1, 0.15) is 0 Å². The molecule has 0 aliphatic carbocycles. The molecule has 1 aromatic carbocycles. The Morgan fingerprint density at radius 3 is 2.43 bits per heavy atom. The number of rotatable bonds is 4. The van der Waals surface area contributed by atoms with Crippen LogP contribution in [0.3, 0.4) is 0 Å². The van der Waals surface area contributed by atoms with Crippen LogP contribution in [0.1, 0.15) is 6.92 Å². The minimum absolute atomic E-state index is 0.511. The van der Waals surface area contributed by atoms with Crippen LogP contribution in [-0.4, -0.2) is 18.5 Å². The van der Waals surface area contributed by atoms with E-state index in [0.29, 0.717) is 11.5 Å². The van der Waals surface area contributed by atoms with Crippen molar-refractivity contribution in [3.05, 3.63) is 24.3 Å². The fraction of sp³-hybridized carbons (Fsp3) is 0.300. The van der Waals surface area contributed by atoms with Gasteiger partial charge in [0, 0.05) is 0 Å². The summed E-state index contributed by atoms with van der Waals surface area (Å²) in [7, 11) is 1.54. The molecule has 14 heavy (non-hydrogen) atoms. The highest BCUT2D eigenvalue weighted by atomic mass is 35.5. The molecular formula is C10H11ClO3. The van der Waals surface area contributed by atoms with Gasteiger partial charge in [-0.1, -0.05) is 12.1 Å². The lowest BCUT2D eigenvalue weighted by Gasteiger charge is -2.13. The molecule has 0 bridgehead atoms. The summed E-state index contributed by atoms with van der Waals surface area (Å²) in [5.74, 6) is 1.09. The van der Waals surface area contributed by atoms with Crippen molar-refractivity contribution in [2.24, 2.45) is 0 Å². The van der Waals surface area contributed by atoms with Crippen molar-refractivity contribution >= 4 is 16.8 Å². The Kier molecular flexibility index (Phi) is 3.77. The number of ether oxygens (including phenoxy) is 2. The minimum atomic E-state index is -0.673. The molecule has 0 heterocycles. The number of carbonyl (C=O) groups is 1. The van der Waals surface area contributed by atoms with Crippen LogP contribution in [0, 0.1) is 0 Å². The predicted octanol–water partition coefficient (Wildman–Crippen LogP) is 2.23. The molecule has 0 saturated heterocycles. The standard InChI is InChI=1S/C10H11ClO3/c1-7(10(11)12)14-9-6-4-3-5-8(9)13-2/h3-7H,1-2H3/t7-/m1/s1. The predicted molar refractivity (Wildman–Crippen MR) is 53.9 cm³/mol. The molecule has 0 fully saturated rings. The molecule has 0 saturated carbocycles. The monoisotopic (exact) mass is 214 g/mol. The summed E-state index contributed by atoms with van der Waals surface area (Å²) in [6.07, 6.45) is -0.673. The van der Waals surface area contributed by atoms with Gasteiger partial charge in [0.2, 0.25) is 0 Å². The first-order chi connectivity index (χ1) is 6.65. The van der Waals surface area contributed by atoms with Gasteiger partial charge in [-0.15, -0.1) is 0 Å². The van der Waals surface area contributed by atoms with E-state index in [0.717, 1.165) is 0 Å². The van der Waals surface area contributed by atoms with Crippen LogP contribution < -0.4 is 9.47 Å². The summed E-state index contributed by atoms with van der Waals surface area (Å²) < 4.78 is 10.3. The lowest BCUT2D eigenvalue weighted by Crippen LogP contribution is -2.19. The van der Waals surface area contributed by atoms with E-state index in [1.165, 1.54) is 7.11 Å². The van der Waals surface area contributed by atoms with Crippen LogP contribution in [0.5, 0.6) is 11.5 Å². The molecule has 0 amide bonds. The Morgan fingerprint density at radius 1 is 1.36 bits per heavy atom. The first-order valence-electron chi connectivity index (χ1n) is 4.14. The number of halogens is 1. The van der Waals surface area contributed by atoms with Gasteiger partial charge in [-0.3, -0.25) is 4.79 Å². The second-order valence-electron chi connectivity index (χ2n) is 2.72. The maximum Gasteiger partial charge on any atom is 0.262 e. The Morgan fingerprint density at radius 2 is 1.93 bits per heavy atom. The van der Waals surface area contributed by atoms with E-state index in [2.05, 4.69) is 0 Å². The zero-order valence-electron chi connectivity index (χ0n) is 7.99. The minimum Gasteiger partial charge on any atom is -0.493 e.